The largest absolute Gasteiger partial charge is 0.444 e. The topological polar surface area (TPSA) is 124 Å². The Labute approximate surface area is 239 Å². The third-order valence-corrected chi connectivity index (χ3v) is 7.17. The monoisotopic (exact) mass is 567 g/mol. The molecule has 0 bridgehead atoms. The quantitative estimate of drug-likeness (QED) is 0.395. The number of hydrogen-bond acceptors (Lipinski definition) is 6. The van der Waals surface area contributed by atoms with Gasteiger partial charge in [-0.3, -0.25) is 9.69 Å². The molecular formula is C31H38FN3O6. The highest BCUT2D eigenvalue weighted by atomic mass is 19.1. The van der Waals surface area contributed by atoms with Gasteiger partial charge in [-0.25, -0.2) is 18.5 Å². The number of primary amides is 1. The third kappa shape index (κ3) is 5.79. The SMILES string of the molecule is CC(C)(C)OC(=O)N1CCCC1(C)c1ccc(-c2c(CO)c3c(C(N)=O)cc(F)cc3n2C(=O)OC(C)(C)C)cc1. The number of nitrogens with two attached hydrogens (primary N) is 1. The minimum atomic E-state index is -0.899. The van der Waals surface area contributed by atoms with Gasteiger partial charge in [0, 0.05) is 17.5 Å². The summed E-state index contributed by atoms with van der Waals surface area (Å²) in [5, 5.41) is 10.6. The highest BCUT2D eigenvalue weighted by Crippen LogP contribution is 2.42. The molecule has 1 fully saturated rings. The van der Waals surface area contributed by atoms with Gasteiger partial charge in [0.05, 0.1) is 28.9 Å². The van der Waals surface area contributed by atoms with Crippen molar-refractivity contribution in [2.45, 2.75) is 84.7 Å². The number of fused-ring (bicyclic) bond motifs is 1. The number of hydrogen-bond donors (Lipinski definition) is 2. The van der Waals surface area contributed by atoms with Gasteiger partial charge in [-0.1, -0.05) is 24.3 Å². The lowest BCUT2D eigenvalue weighted by atomic mass is 9.88. The van der Waals surface area contributed by atoms with Crippen LogP contribution in [0.5, 0.6) is 0 Å². The number of rotatable bonds is 4. The molecule has 220 valence electrons. The number of nitrogens with zero attached hydrogens (tertiary/aromatic N) is 2. The van der Waals surface area contributed by atoms with E-state index in [4.69, 9.17) is 15.2 Å². The van der Waals surface area contributed by atoms with Crippen LogP contribution in [-0.4, -0.2) is 50.4 Å². The molecule has 1 aliphatic heterocycles. The molecule has 9 nitrogen and oxygen atoms in total. The minimum absolute atomic E-state index is 0.0510. The van der Waals surface area contributed by atoms with Crippen LogP contribution in [0.3, 0.4) is 0 Å². The van der Waals surface area contributed by atoms with Crippen LogP contribution in [0, 0.1) is 5.82 Å². The molecule has 0 spiro atoms. The van der Waals surface area contributed by atoms with E-state index in [2.05, 4.69) is 0 Å². The van der Waals surface area contributed by atoms with Crippen molar-refractivity contribution in [2.75, 3.05) is 6.54 Å². The molecule has 3 aromatic rings. The van der Waals surface area contributed by atoms with Crippen molar-refractivity contribution in [1.82, 2.24) is 9.47 Å². The molecule has 10 heteroatoms. The van der Waals surface area contributed by atoms with E-state index in [0.717, 1.165) is 30.5 Å². The Kier molecular flexibility index (Phi) is 7.68. The van der Waals surface area contributed by atoms with E-state index in [0.29, 0.717) is 12.1 Å². The van der Waals surface area contributed by atoms with Crippen molar-refractivity contribution >= 4 is 29.0 Å². The van der Waals surface area contributed by atoms with Gasteiger partial charge in [0.1, 0.15) is 17.0 Å². The molecule has 3 N–H and O–H groups in total. The van der Waals surface area contributed by atoms with Gasteiger partial charge in [-0.15, -0.1) is 0 Å². The molecule has 1 saturated heterocycles. The average molecular weight is 568 g/mol. The van der Waals surface area contributed by atoms with Crippen molar-refractivity contribution in [1.29, 1.82) is 0 Å². The molecule has 4 rings (SSSR count). The van der Waals surface area contributed by atoms with Crippen LogP contribution in [0.15, 0.2) is 36.4 Å². The number of halogens is 1. The molecule has 1 unspecified atom stereocenters. The maximum absolute atomic E-state index is 14.7. The number of aliphatic hydroxyl groups is 1. The van der Waals surface area contributed by atoms with E-state index in [1.165, 1.54) is 4.57 Å². The summed E-state index contributed by atoms with van der Waals surface area (Å²) in [5.74, 6) is -1.67. The van der Waals surface area contributed by atoms with Gasteiger partial charge in [-0.2, -0.15) is 0 Å². The van der Waals surface area contributed by atoms with Gasteiger partial charge in [0.2, 0.25) is 5.91 Å². The standard InChI is InChI=1S/C31H38FN3O6/c1-29(2,3)40-27(38)34-14-8-13-31(34,7)19-11-9-18(10-12-19)25-22(17-36)24-21(26(33)37)15-20(32)16-23(24)35(25)28(39)41-30(4,5)6/h9-12,15-16,36H,8,13-14,17H2,1-7H3,(H2,33,37). The summed E-state index contributed by atoms with van der Waals surface area (Å²) >= 11 is 0. The molecule has 1 aliphatic rings. The average Bonchev–Trinajstić information content (AvgIpc) is 3.40. The number of ether oxygens (including phenoxy) is 2. The maximum Gasteiger partial charge on any atom is 0.419 e. The van der Waals surface area contributed by atoms with Crippen molar-refractivity contribution in [3.05, 3.63) is 58.9 Å². The number of carbonyl (C=O) groups is 3. The van der Waals surface area contributed by atoms with Crippen molar-refractivity contribution < 1.29 is 33.4 Å². The second-order valence-corrected chi connectivity index (χ2v) is 12.6. The lowest BCUT2D eigenvalue weighted by molar-refractivity contribution is 0.00989. The van der Waals surface area contributed by atoms with Crippen LogP contribution in [0.4, 0.5) is 14.0 Å². The van der Waals surface area contributed by atoms with Gasteiger partial charge in [-0.05, 0) is 84.6 Å². The first kappa shape index (κ1) is 30.0. The Bertz CT molecular complexity index is 1510. The highest BCUT2D eigenvalue weighted by Gasteiger charge is 2.43. The Morgan fingerprint density at radius 2 is 1.59 bits per heavy atom. The van der Waals surface area contributed by atoms with E-state index in [-0.39, 0.29) is 27.7 Å². The Morgan fingerprint density at radius 1 is 1.00 bits per heavy atom. The fraction of sp³-hybridized carbons (Fsp3) is 0.452. The summed E-state index contributed by atoms with van der Waals surface area (Å²) in [6.07, 6.45) is 0.337. The van der Waals surface area contributed by atoms with Crippen LogP contribution in [0.2, 0.25) is 0 Å². The van der Waals surface area contributed by atoms with Gasteiger partial charge in [0.25, 0.3) is 0 Å². The normalized spacial score (nSPS) is 17.6. The number of aromatic nitrogens is 1. The molecule has 0 radical (unpaired) electrons. The van der Waals surface area contributed by atoms with Crippen LogP contribution >= 0.6 is 0 Å². The number of benzene rings is 2. The summed E-state index contributed by atoms with van der Waals surface area (Å²) in [6, 6.07) is 9.34. The highest BCUT2D eigenvalue weighted by molar-refractivity contribution is 6.11. The number of amides is 2. The fourth-order valence-electron chi connectivity index (χ4n) is 5.47. The number of aliphatic hydroxyl groups excluding tert-OH is 1. The van der Waals surface area contributed by atoms with Gasteiger partial charge >= 0.3 is 12.2 Å². The maximum atomic E-state index is 14.7. The molecule has 1 atom stereocenters. The summed E-state index contributed by atoms with van der Waals surface area (Å²) < 4.78 is 27.1. The first-order valence-electron chi connectivity index (χ1n) is 13.6. The smallest absolute Gasteiger partial charge is 0.419 e. The van der Waals surface area contributed by atoms with Gasteiger partial charge < -0.3 is 20.3 Å². The van der Waals surface area contributed by atoms with Crippen molar-refractivity contribution in [3.63, 3.8) is 0 Å². The van der Waals surface area contributed by atoms with Crippen LogP contribution < -0.4 is 5.73 Å². The number of carbonyl (C=O) groups excluding carboxylic acids is 3. The number of likely N-dealkylation sites (tertiary alicyclic amines) is 1. The van der Waals surface area contributed by atoms with E-state index < -0.39 is 47.3 Å². The minimum Gasteiger partial charge on any atom is -0.444 e. The lowest BCUT2D eigenvalue weighted by Gasteiger charge is -2.37. The molecule has 0 saturated carbocycles. The zero-order chi connectivity index (χ0) is 30.5. The summed E-state index contributed by atoms with van der Waals surface area (Å²) in [6.45, 7) is 12.6. The predicted octanol–water partition coefficient (Wildman–Crippen LogP) is 6.07. The van der Waals surface area contributed by atoms with Crippen molar-refractivity contribution in [3.8, 4) is 11.3 Å². The van der Waals surface area contributed by atoms with E-state index in [1.807, 2.05) is 39.8 Å². The van der Waals surface area contributed by atoms with E-state index in [1.54, 1.807) is 37.8 Å². The van der Waals surface area contributed by atoms with E-state index in [9.17, 15) is 23.9 Å². The molecule has 2 amide bonds. The molecule has 0 aliphatic carbocycles. The second kappa shape index (κ2) is 10.5. The third-order valence-electron chi connectivity index (χ3n) is 7.17. The summed E-state index contributed by atoms with van der Waals surface area (Å²) in [4.78, 5) is 40.6. The summed E-state index contributed by atoms with van der Waals surface area (Å²) in [7, 11) is 0. The fourth-order valence-corrected chi connectivity index (χ4v) is 5.47. The first-order chi connectivity index (χ1) is 19.0. The molecule has 2 aromatic carbocycles. The van der Waals surface area contributed by atoms with Gasteiger partial charge in [0.15, 0.2) is 0 Å². The molecule has 41 heavy (non-hydrogen) atoms. The Balaban J connectivity index is 1.89. The zero-order valence-electron chi connectivity index (χ0n) is 24.6. The van der Waals surface area contributed by atoms with Crippen LogP contribution in [0.25, 0.3) is 22.2 Å². The van der Waals surface area contributed by atoms with Crippen molar-refractivity contribution in [2.24, 2.45) is 5.73 Å². The Hall–Kier alpha value is -3.92. The zero-order valence-corrected chi connectivity index (χ0v) is 24.6. The first-order valence-corrected chi connectivity index (χ1v) is 13.6. The van der Waals surface area contributed by atoms with Crippen LogP contribution in [-0.2, 0) is 21.6 Å². The second-order valence-electron chi connectivity index (χ2n) is 12.6. The molecule has 2 heterocycles. The predicted molar refractivity (Wildman–Crippen MR) is 153 cm³/mol. The summed E-state index contributed by atoms with van der Waals surface area (Å²) in [5.41, 5.74) is 5.18. The van der Waals surface area contributed by atoms with Crippen LogP contribution in [0.1, 0.15) is 82.8 Å². The molecular weight excluding hydrogens is 529 g/mol. The lowest BCUT2D eigenvalue weighted by Crippen LogP contribution is -2.45. The Morgan fingerprint density at radius 3 is 2.12 bits per heavy atom. The van der Waals surface area contributed by atoms with E-state index >= 15 is 0 Å². The molecule has 1 aromatic heterocycles.